The molecule has 2 rings (SSSR count). The zero-order valence-corrected chi connectivity index (χ0v) is 11.5. The first-order valence-corrected chi connectivity index (χ1v) is 6.86. The molecule has 0 atom stereocenters. The van der Waals surface area contributed by atoms with Crippen molar-refractivity contribution in [2.75, 3.05) is 12.3 Å². The van der Waals surface area contributed by atoms with Crippen molar-refractivity contribution in [1.82, 2.24) is 9.97 Å². The molecule has 0 radical (unpaired) electrons. The summed E-state index contributed by atoms with van der Waals surface area (Å²) >= 11 is 1.74. The van der Waals surface area contributed by atoms with Crippen molar-refractivity contribution in [2.24, 2.45) is 0 Å². The number of hydrogen-bond acceptors (Lipinski definition) is 5. The molecule has 0 aliphatic rings. The molecule has 96 valence electrons. The summed E-state index contributed by atoms with van der Waals surface area (Å²) in [5.74, 6) is 1.84. The van der Waals surface area contributed by atoms with E-state index in [2.05, 4.69) is 21.4 Å². The number of anilines is 1. The van der Waals surface area contributed by atoms with Crippen LogP contribution >= 0.6 is 11.3 Å². The third kappa shape index (κ3) is 2.98. The number of hydrogen-bond donors (Lipinski definition) is 1. The summed E-state index contributed by atoms with van der Waals surface area (Å²) in [6.07, 6.45) is 1.65. The summed E-state index contributed by atoms with van der Waals surface area (Å²) in [6, 6.07) is 4.15. The van der Waals surface area contributed by atoms with Crippen molar-refractivity contribution in [3.8, 4) is 5.88 Å². The average molecular weight is 263 g/mol. The van der Waals surface area contributed by atoms with Crippen molar-refractivity contribution in [3.05, 3.63) is 33.8 Å². The highest BCUT2D eigenvalue weighted by molar-refractivity contribution is 7.09. The minimum Gasteiger partial charge on any atom is -0.477 e. The molecule has 0 aliphatic carbocycles. The van der Waals surface area contributed by atoms with Gasteiger partial charge < -0.3 is 10.5 Å². The largest absolute Gasteiger partial charge is 0.477 e. The lowest BCUT2D eigenvalue weighted by Crippen LogP contribution is -2.08. The van der Waals surface area contributed by atoms with Gasteiger partial charge in [0.05, 0.1) is 12.2 Å². The van der Waals surface area contributed by atoms with E-state index in [1.807, 2.05) is 19.9 Å². The van der Waals surface area contributed by atoms with E-state index in [-0.39, 0.29) is 0 Å². The number of thiophene rings is 1. The topological polar surface area (TPSA) is 61.0 Å². The predicted octanol–water partition coefficient (Wildman–Crippen LogP) is 2.61. The smallest absolute Gasteiger partial charge is 0.221 e. The number of ether oxygens (including phenoxy) is 1. The van der Waals surface area contributed by atoms with Gasteiger partial charge in [0.15, 0.2) is 0 Å². The van der Waals surface area contributed by atoms with Gasteiger partial charge in [-0.3, -0.25) is 0 Å². The third-order valence-electron chi connectivity index (χ3n) is 2.67. The Labute approximate surface area is 111 Å². The zero-order chi connectivity index (χ0) is 13.0. The summed E-state index contributed by atoms with van der Waals surface area (Å²) in [5, 5.41) is 2.07. The molecule has 0 unspecified atom stereocenters. The fourth-order valence-corrected chi connectivity index (χ4v) is 2.25. The van der Waals surface area contributed by atoms with Gasteiger partial charge in [-0.2, -0.15) is 4.98 Å². The van der Waals surface area contributed by atoms with Gasteiger partial charge in [-0.25, -0.2) is 4.98 Å². The van der Waals surface area contributed by atoms with Crippen molar-refractivity contribution in [1.29, 1.82) is 0 Å². The molecule has 0 saturated carbocycles. The molecule has 2 aromatic rings. The molecule has 0 fully saturated rings. The van der Waals surface area contributed by atoms with Crippen LogP contribution < -0.4 is 10.5 Å². The van der Waals surface area contributed by atoms with Crippen molar-refractivity contribution in [3.63, 3.8) is 0 Å². The minimum atomic E-state index is 0.507. The number of nitrogens with zero attached hydrogens (tertiary/aromatic N) is 2. The van der Waals surface area contributed by atoms with Crippen LogP contribution in [-0.4, -0.2) is 16.6 Å². The van der Waals surface area contributed by atoms with Crippen molar-refractivity contribution >= 4 is 17.2 Å². The summed E-state index contributed by atoms with van der Waals surface area (Å²) in [4.78, 5) is 9.87. The number of nitrogens with two attached hydrogens (primary N) is 1. The minimum absolute atomic E-state index is 0.507. The number of nitrogen functional groups attached to an aromatic ring is 1. The first kappa shape index (κ1) is 12.8. The maximum Gasteiger partial charge on any atom is 0.221 e. The molecule has 0 saturated heterocycles. The predicted molar refractivity (Wildman–Crippen MR) is 74.1 cm³/mol. The van der Waals surface area contributed by atoms with Gasteiger partial charge in [-0.1, -0.05) is 13.0 Å². The Bertz CT molecular complexity index is 511. The van der Waals surface area contributed by atoms with Gasteiger partial charge in [-0.05, 0) is 18.4 Å². The van der Waals surface area contributed by atoms with Crippen LogP contribution in [0.15, 0.2) is 17.5 Å². The first-order valence-electron chi connectivity index (χ1n) is 5.99. The Morgan fingerprint density at radius 1 is 1.39 bits per heavy atom. The standard InChI is InChI=1S/C13H17N3OS/c1-3-11-15-12(14)9(2)13(16-11)17-7-6-10-5-4-8-18-10/h4-5,8H,3,6-7H2,1-2H3,(H2,14,15,16). The molecule has 18 heavy (non-hydrogen) atoms. The quantitative estimate of drug-likeness (QED) is 0.900. The van der Waals surface area contributed by atoms with E-state index in [1.54, 1.807) is 11.3 Å². The van der Waals surface area contributed by atoms with Crippen LogP contribution in [0.25, 0.3) is 0 Å². The van der Waals surface area contributed by atoms with E-state index in [1.165, 1.54) is 4.88 Å². The number of rotatable bonds is 5. The normalized spacial score (nSPS) is 10.6. The molecule has 0 bridgehead atoms. The van der Waals surface area contributed by atoms with Crippen LogP contribution in [0.2, 0.25) is 0 Å². The van der Waals surface area contributed by atoms with Gasteiger partial charge in [0, 0.05) is 17.7 Å². The third-order valence-corrected chi connectivity index (χ3v) is 3.60. The van der Waals surface area contributed by atoms with E-state index in [4.69, 9.17) is 10.5 Å². The number of aryl methyl sites for hydroxylation is 1. The van der Waals surface area contributed by atoms with Crippen molar-refractivity contribution < 1.29 is 4.74 Å². The molecule has 2 aromatic heterocycles. The molecule has 2 heterocycles. The second-order valence-corrected chi connectivity index (χ2v) is 5.02. The highest BCUT2D eigenvalue weighted by Crippen LogP contribution is 2.20. The van der Waals surface area contributed by atoms with Gasteiger partial charge in [0.2, 0.25) is 5.88 Å². The van der Waals surface area contributed by atoms with E-state index < -0.39 is 0 Å². The fraction of sp³-hybridized carbons (Fsp3) is 0.385. The summed E-state index contributed by atoms with van der Waals surface area (Å²) in [7, 11) is 0. The summed E-state index contributed by atoms with van der Waals surface area (Å²) in [5.41, 5.74) is 6.65. The maximum atomic E-state index is 5.83. The Morgan fingerprint density at radius 3 is 2.89 bits per heavy atom. The monoisotopic (exact) mass is 263 g/mol. The second kappa shape index (κ2) is 5.82. The molecule has 0 aromatic carbocycles. The van der Waals surface area contributed by atoms with Gasteiger partial charge in [0.25, 0.3) is 0 Å². The van der Waals surface area contributed by atoms with E-state index in [9.17, 15) is 0 Å². The molecular weight excluding hydrogens is 246 g/mol. The van der Waals surface area contributed by atoms with E-state index >= 15 is 0 Å². The van der Waals surface area contributed by atoms with Gasteiger partial charge in [0.1, 0.15) is 11.6 Å². The Kier molecular flexibility index (Phi) is 4.15. The number of aromatic nitrogens is 2. The highest BCUT2D eigenvalue weighted by Gasteiger charge is 2.09. The maximum absolute atomic E-state index is 5.83. The molecule has 2 N–H and O–H groups in total. The highest BCUT2D eigenvalue weighted by atomic mass is 32.1. The molecular formula is C13H17N3OS. The summed E-state index contributed by atoms with van der Waals surface area (Å²) in [6.45, 7) is 4.50. The van der Waals surface area contributed by atoms with Crippen LogP contribution in [0.5, 0.6) is 5.88 Å². The molecule has 0 spiro atoms. The second-order valence-electron chi connectivity index (χ2n) is 3.99. The van der Waals surface area contributed by atoms with Crippen LogP contribution in [0.3, 0.4) is 0 Å². The van der Waals surface area contributed by atoms with E-state index in [0.29, 0.717) is 18.3 Å². The fourth-order valence-electron chi connectivity index (χ4n) is 1.56. The average Bonchev–Trinajstić information content (AvgIpc) is 2.87. The Hall–Kier alpha value is -1.62. The van der Waals surface area contributed by atoms with Crippen LogP contribution in [-0.2, 0) is 12.8 Å². The van der Waals surface area contributed by atoms with E-state index in [0.717, 1.165) is 24.2 Å². The van der Waals surface area contributed by atoms with Gasteiger partial charge in [-0.15, -0.1) is 11.3 Å². The van der Waals surface area contributed by atoms with Crippen LogP contribution in [0, 0.1) is 6.92 Å². The van der Waals surface area contributed by atoms with Crippen LogP contribution in [0.4, 0.5) is 5.82 Å². The lowest BCUT2D eigenvalue weighted by Gasteiger charge is -2.10. The lowest BCUT2D eigenvalue weighted by atomic mass is 10.3. The summed E-state index contributed by atoms with van der Waals surface area (Å²) < 4.78 is 5.71. The van der Waals surface area contributed by atoms with Crippen LogP contribution in [0.1, 0.15) is 23.2 Å². The molecule has 0 aliphatic heterocycles. The molecule has 0 amide bonds. The van der Waals surface area contributed by atoms with Crippen molar-refractivity contribution in [2.45, 2.75) is 26.7 Å². The SMILES string of the molecule is CCc1nc(N)c(C)c(OCCc2cccs2)n1. The Morgan fingerprint density at radius 2 is 2.22 bits per heavy atom. The molecule has 4 nitrogen and oxygen atoms in total. The lowest BCUT2D eigenvalue weighted by molar-refractivity contribution is 0.306. The first-order chi connectivity index (χ1) is 8.70. The van der Waals surface area contributed by atoms with Gasteiger partial charge >= 0.3 is 0 Å². The Balaban J connectivity index is 2.02. The molecule has 5 heteroatoms. The zero-order valence-electron chi connectivity index (χ0n) is 10.6.